The van der Waals surface area contributed by atoms with E-state index in [-0.39, 0.29) is 10.1 Å². The van der Waals surface area contributed by atoms with Crippen molar-refractivity contribution in [3.63, 3.8) is 0 Å². The first-order valence-corrected chi connectivity index (χ1v) is 8.75. The highest BCUT2D eigenvalue weighted by molar-refractivity contribution is 7.10. The van der Waals surface area contributed by atoms with Gasteiger partial charge < -0.3 is 9.85 Å². The van der Waals surface area contributed by atoms with Gasteiger partial charge in [0, 0.05) is 4.88 Å². The second kappa shape index (κ2) is 5.31. The van der Waals surface area contributed by atoms with Gasteiger partial charge in [-0.3, -0.25) is 0 Å². The van der Waals surface area contributed by atoms with Gasteiger partial charge in [-0.2, -0.15) is 0 Å². The van der Waals surface area contributed by atoms with Crippen LogP contribution in [0.4, 0.5) is 5.69 Å². The molecule has 1 aliphatic heterocycles. The Morgan fingerprint density at radius 2 is 1.57 bits per heavy atom. The van der Waals surface area contributed by atoms with Gasteiger partial charge in [0.05, 0.1) is 0 Å². The molecule has 3 aromatic rings. The van der Waals surface area contributed by atoms with E-state index < -0.39 is 0 Å². The number of quaternary nitrogens is 1. The summed E-state index contributed by atoms with van der Waals surface area (Å²) >= 11 is 1.77. The molecule has 1 aliphatic rings. The van der Waals surface area contributed by atoms with Crippen LogP contribution < -0.4 is 4.65 Å². The summed E-state index contributed by atoms with van der Waals surface area (Å²) in [4.78, 5) is 1.31. The van der Waals surface area contributed by atoms with Gasteiger partial charge in [0.25, 0.3) is 0 Å². The quantitative estimate of drug-likeness (QED) is 0.499. The Balaban J connectivity index is 1.76. The predicted octanol–water partition coefficient (Wildman–Crippen LogP) is 4.86. The summed E-state index contributed by atoms with van der Waals surface area (Å²) in [5, 5.41) is 15.5. The van der Waals surface area contributed by atoms with E-state index in [9.17, 15) is 5.21 Å². The lowest BCUT2D eigenvalue weighted by Crippen LogP contribution is -2.70. The summed E-state index contributed by atoms with van der Waals surface area (Å²) < 4.78 is -0.243. The lowest BCUT2D eigenvalue weighted by atomic mass is 9.71. The van der Waals surface area contributed by atoms with Crippen molar-refractivity contribution in [2.45, 2.75) is 12.3 Å². The molecule has 116 valence electrons. The largest absolute Gasteiger partial charge is 0.627 e. The number of hydrogen-bond donors (Lipinski definition) is 0. The van der Waals surface area contributed by atoms with Crippen molar-refractivity contribution in [3.05, 3.63) is 93.3 Å². The average Bonchev–Trinajstić information content (AvgIpc) is 3.00. The fraction of sp³-hybridized carbons (Fsp3) is 0.200. The summed E-state index contributed by atoms with van der Waals surface area (Å²) in [7, 11) is 0. The molecule has 0 bridgehead atoms. The van der Waals surface area contributed by atoms with E-state index in [1.807, 2.05) is 36.4 Å². The smallest absolute Gasteiger partial charge is 0.132 e. The summed E-state index contributed by atoms with van der Waals surface area (Å²) in [5.74, 6) is 0. The number of aryl methyl sites for hydroxylation is 1. The zero-order chi connectivity index (χ0) is 15.9. The zero-order valence-electron chi connectivity index (χ0n) is 13.1. The average molecular weight is 321 g/mol. The van der Waals surface area contributed by atoms with E-state index >= 15 is 0 Å². The topological polar surface area (TPSA) is 23.1 Å². The lowest BCUT2D eigenvalue weighted by molar-refractivity contribution is 0.157. The maximum absolute atomic E-state index is 13.3. The van der Waals surface area contributed by atoms with Crippen molar-refractivity contribution in [1.29, 1.82) is 0 Å². The molecule has 0 spiro atoms. The van der Waals surface area contributed by atoms with Crippen LogP contribution in [-0.2, 0) is 5.41 Å². The van der Waals surface area contributed by atoms with E-state index in [0.29, 0.717) is 13.1 Å². The molecule has 0 atom stereocenters. The second-order valence-electron chi connectivity index (χ2n) is 6.48. The number of benzene rings is 2. The number of thiophene rings is 1. The molecule has 1 saturated heterocycles. The van der Waals surface area contributed by atoms with Crippen molar-refractivity contribution >= 4 is 17.0 Å². The van der Waals surface area contributed by atoms with E-state index in [2.05, 4.69) is 42.6 Å². The highest BCUT2D eigenvalue weighted by Gasteiger charge is 2.55. The highest BCUT2D eigenvalue weighted by Crippen LogP contribution is 2.48. The van der Waals surface area contributed by atoms with Crippen molar-refractivity contribution in [2.75, 3.05) is 13.1 Å². The first-order valence-electron chi connectivity index (χ1n) is 7.87. The van der Waals surface area contributed by atoms with Crippen molar-refractivity contribution in [1.82, 2.24) is 4.65 Å². The summed E-state index contributed by atoms with van der Waals surface area (Å²) in [6.45, 7) is 3.26. The first-order chi connectivity index (χ1) is 11.1. The predicted molar refractivity (Wildman–Crippen MR) is 97.6 cm³/mol. The number of nitrogens with zero attached hydrogens (tertiary/aromatic N) is 1. The van der Waals surface area contributed by atoms with Gasteiger partial charge in [-0.1, -0.05) is 48.5 Å². The molecule has 2 heterocycles. The number of hydroxylamine groups is 2. The Morgan fingerprint density at radius 3 is 2.13 bits per heavy atom. The van der Waals surface area contributed by atoms with E-state index in [1.54, 1.807) is 11.3 Å². The van der Waals surface area contributed by atoms with Gasteiger partial charge in [0.15, 0.2) is 0 Å². The Labute approximate surface area is 140 Å². The van der Waals surface area contributed by atoms with Crippen LogP contribution in [0.5, 0.6) is 0 Å². The van der Waals surface area contributed by atoms with E-state index in [1.165, 1.54) is 16.0 Å². The monoisotopic (exact) mass is 321 g/mol. The maximum Gasteiger partial charge on any atom is 0.132 e. The maximum atomic E-state index is 13.3. The van der Waals surface area contributed by atoms with Gasteiger partial charge in [0.2, 0.25) is 0 Å². The molecular formula is C20H19NOS. The summed E-state index contributed by atoms with van der Waals surface area (Å²) in [6, 6.07) is 22.5. The van der Waals surface area contributed by atoms with Crippen LogP contribution in [0.3, 0.4) is 0 Å². The van der Waals surface area contributed by atoms with Crippen molar-refractivity contribution in [3.8, 4) is 0 Å². The van der Waals surface area contributed by atoms with Crippen LogP contribution >= 0.6 is 11.3 Å². The highest BCUT2D eigenvalue weighted by atomic mass is 32.1. The minimum atomic E-state index is -0.243. The van der Waals surface area contributed by atoms with Crippen LogP contribution in [0.2, 0.25) is 0 Å². The molecule has 1 fully saturated rings. The molecule has 0 N–H and O–H groups in total. The van der Waals surface area contributed by atoms with Crippen LogP contribution in [0.1, 0.15) is 16.0 Å². The van der Waals surface area contributed by atoms with Crippen LogP contribution in [-0.4, -0.2) is 13.1 Å². The van der Waals surface area contributed by atoms with Gasteiger partial charge in [-0.05, 0) is 41.6 Å². The molecule has 2 nitrogen and oxygen atoms in total. The molecule has 0 amide bonds. The van der Waals surface area contributed by atoms with E-state index in [4.69, 9.17) is 0 Å². The second-order valence-corrected chi connectivity index (χ2v) is 7.39. The molecule has 0 aliphatic carbocycles. The normalized spacial score (nSPS) is 26.7. The van der Waals surface area contributed by atoms with Gasteiger partial charge >= 0.3 is 0 Å². The molecule has 3 heteroatoms. The number of para-hydroxylation sites is 1. The van der Waals surface area contributed by atoms with Crippen LogP contribution in [0.25, 0.3) is 0 Å². The molecule has 0 radical (unpaired) electrons. The fourth-order valence-corrected chi connectivity index (χ4v) is 4.74. The minimum absolute atomic E-state index is 0.155. The van der Waals surface area contributed by atoms with Crippen LogP contribution in [0, 0.1) is 12.1 Å². The van der Waals surface area contributed by atoms with Gasteiger partial charge in [-0.25, -0.2) is 0 Å². The number of hydrogen-bond acceptors (Lipinski definition) is 2. The first kappa shape index (κ1) is 14.6. The summed E-state index contributed by atoms with van der Waals surface area (Å²) in [6.07, 6.45) is 0. The fourth-order valence-electron chi connectivity index (χ4n) is 3.63. The third-order valence-corrected chi connectivity index (χ3v) is 6.06. The third-order valence-electron chi connectivity index (χ3n) is 4.81. The minimum Gasteiger partial charge on any atom is -0.627 e. The zero-order valence-corrected chi connectivity index (χ0v) is 13.9. The molecule has 23 heavy (non-hydrogen) atoms. The third kappa shape index (κ3) is 2.32. The Morgan fingerprint density at radius 1 is 0.957 bits per heavy atom. The van der Waals surface area contributed by atoms with Crippen molar-refractivity contribution in [2.24, 2.45) is 0 Å². The summed E-state index contributed by atoms with van der Waals surface area (Å²) in [5.41, 5.74) is 3.23. The molecular weight excluding hydrogens is 302 g/mol. The Hall–Kier alpha value is -1.94. The number of rotatable bonds is 3. The standard InChI is InChI=1S/C20H19NOS/c1-16-12-19(23-13-16)20(17-8-4-2-5-9-17)14-21(22,15-20)18-10-6-3-7-11-18/h2-13H,14-15H2,1H3. The Kier molecular flexibility index (Phi) is 3.38. The van der Waals surface area contributed by atoms with E-state index in [0.717, 1.165) is 5.69 Å². The lowest BCUT2D eigenvalue weighted by Gasteiger charge is -2.60. The Bertz CT molecular complexity index is 804. The molecule has 0 saturated carbocycles. The van der Waals surface area contributed by atoms with Crippen molar-refractivity contribution < 1.29 is 0 Å². The van der Waals surface area contributed by atoms with Gasteiger partial charge in [-0.15, -0.1) is 11.3 Å². The molecule has 4 rings (SSSR count). The molecule has 1 aromatic heterocycles. The molecule has 0 unspecified atom stereocenters. The SMILES string of the molecule is Cc1csc(C2(c3ccccc3)C[N+]([O-])(c3ccccc3)C2)c1. The van der Waals surface area contributed by atoms with Gasteiger partial charge in [0.1, 0.15) is 24.2 Å². The molecule has 2 aromatic carbocycles. The van der Waals surface area contributed by atoms with Crippen LogP contribution in [0.15, 0.2) is 72.1 Å².